The summed E-state index contributed by atoms with van der Waals surface area (Å²) >= 11 is 0. The molecule has 3 N–H and O–H groups in total. The predicted molar refractivity (Wildman–Crippen MR) is 96.9 cm³/mol. The Hall–Kier alpha value is -2.50. The maximum atomic E-state index is 10.7. The third kappa shape index (κ3) is 3.69. The smallest absolute Gasteiger partial charge is 0.404 e. The number of hydrogen-bond acceptors (Lipinski definition) is 4. The molecular weight excluding hydrogens is 304 g/mol. The van der Waals surface area contributed by atoms with E-state index in [0.29, 0.717) is 6.04 Å². The first-order valence-corrected chi connectivity index (χ1v) is 8.36. The number of aromatic nitrogens is 1. The Balaban J connectivity index is 1.73. The third-order valence-electron chi connectivity index (χ3n) is 4.58. The first kappa shape index (κ1) is 16.4. The normalized spacial score (nSPS) is 20.6. The number of fused-ring (bicyclic) bond motifs is 1. The molecule has 0 aliphatic heterocycles. The van der Waals surface area contributed by atoms with Crippen LogP contribution >= 0.6 is 0 Å². The summed E-state index contributed by atoms with van der Waals surface area (Å²) < 4.78 is 0. The third-order valence-corrected chi connectivity index (χ3v) is 4.58. The number of pyridine rings is 1. The summed E-state index contributed by atoms with van der Waals surface area (Å²) in [5.74, 6) is 0.882. The van der Waals surface area contributed by atoms with Crippen molar-refractivity contribution in [3.8, 4) is 0 Å². The van der Waals surface area contributed by atoms with E-state index in [0.717, 1.165) is 48.1 Å². The molecule has 1 saturated carbocycles. The molecule has 0 radical (unpaired) electrons. The molecule has 3 rings (SSSR count). The number of benzene rings is 1. The minimum atomic E-state index is -0.932. The monoisotopic (exact) mass is 328 g/mol. The molecule has 0 bridgehead atoms. The average Bonchev–Trinajstić information content (AvgIpc) is 2.55. The van der Waals surface area contributed by atoms with E-state index in [1.54, 1.807) is 0 Å². The second-order valence-electron chi connectivity index (χ2n) is 6.58. The molecular formula is C18H24N4O2. The molecule has 1 aromatic heterocycles. The van der Waals surface area contributed by atoms with Crippen molar-refractivity contribution in [1.29, 1.82) is 0 Å². The minimum absolute atomic E-state index is 0.0717. The number of nitrogens with one attached hydrogen (secondary N) is 2. The zero-order valence-electron chi connectivity index (χ0n) is 14.1. The van der Waals surface area contributed by atoms with Crippen LogP contribution in [0.15, 0.2) is 30.3 Å². The number of para-hydroxylation sites is 1. The quantitative estimate of drug-likeness (QED) is 0.803. The van der Waals surface area contributed by atoms with Crippen LogP contribution in [0.3, 0.4) is 0 Å². The first-order valence-electron chi connectivity index (χ1n) is 8.36. The van der Waals surface area contributed by atoms with Crippen molar-refractivity contribution in [2.24, 2.45) is 0 Å². The molecule has 1 fully saturated rings. The highest BCUT2D eigenvalue weighted by molar-refractivity contribution is 5.93. The lowest BCUT2D eigenvalue weighted by molar-refractivity contribution is 0.185. The molecule has 24 heavy (non-hydrogen) atoms. The van der Waals surface area contributed by atoms with Gasteiger partial charge in [0.2, 0.25) is 0 Å². The van der Waals surface area contributed by atoms with Gasteiger partial charge in [-0.05, 0) is 31.7 Å². The largest absolute Gasteiger partial charge is 0.465 e. The highest BCUT2D eigenvalue weighted by atomic mass is 16.4. The van der Waals surface area contributed by atoms with Crippen molar-refractivity contribution in [2.45, 2.75) is 37.8 Å². The van der Waals surface area contributed by atoms with Gasteiger partial charge >= 0.3 is 6.09 Å². The molecule has 1 aromatic carbocycles. The van der Waals surface area contributed by atoms with E-state index in [4.69, 9.17) is 10.1 Å². The Morgan fingerprint density at radius 2 is 1.83 bits per heavy atom. The van der Waals surface area contributed by atoms with Gasteiger partial charge < -0.3 is 20.6 Å². The van der Waals surface area contributed by atoms with Gasteiger partial charge in [-0.1, -0.05) is 18.2 Å². The van der Waals surface area contributed by atoms with Gasteiger partial charge in [-0.25, -0.2) is 9.78 Å². The SMILES string of the molecule is CN(C)c1cc(NC2CCC(NC(=O)O)CC2)nc2ccccc12. The van der Waals surface area contributed by atoms with Crippen LogP contribution in [-0.4, -0.2) is 42.4 Å². The second-order valence-corrected chi connectivity index (χ2v) is 6.58. The van der Waals surface area contributed by atoms with E-state index < -0.39 is 6.09 Å². The van der Waals surface area contributed by atoms with E-state index in [1.165, 1.54) is 0 Å². The number of amides is 1. The lowest BCUT2D eigenvalue weighted by Gasteiger charge is -2.29. The van der Waals surface area contributed by atoms with Crippen molar-refractivity contribution < 1.29 is 9.90 Å². The molecule has 0 atom stereocenters. The van der Waals surface area contributed by atoms with Crippen molar-refractivity contribution in [2.75, 3.05) is 24.3 Å². The molecule has 1 aliphatic rings. The molecule has 0 saturated heterocycles. The topological polar surface area (TPSA) is 77.5 Å². The van der Waals surface area contributed by atoms with Crippen LogP contribution in [0.1, 0.15) is 25.7 Å². The van der Waals surface area contributed by atoms with Crippen molar-refractivity contribution >= 4 is 28.5 Å². The van der Waals surface area contributed by atoms with Crippen LogP contribution in [0.2, 0.25) is 0 Å². The molecule has 0 unspecified atom stereocenters. The Kier molecular flexibility index (Phi) is 4.74. The molecule has 2 aromatic rings. The number of nitrogens with zero attached hydrogens (tertiary/aromatic N) is 2. The summed E-state index contributed by atoms with van der Waals surface area (Å²) in [6, 6.07) is 10.6. The number of rotatable bonds is 4. The Morgan fingerprint density at radius 3 is 2.50 bits per heavy atom. The van der Waals surface area contributed by atoms with Crippen molar-refractivity contribution in [3.05, 3.63) is 30.3 Å². The number of hydrogen-bond donors (Lipinski definition) is 3. The fraction of sp³-hybridized carbons (Fsp3) is 0.444. The molecule has 6 nitrogen and oxygen atoms in total. The van der Waals surface area contributed by atoms with Gasteiger partial charge in [0.05, 0.1) is 5.52 Å². The number of anilines is 2. The highest BCUT2D eigenvalue weighted by Gasteiger charge is 2.22. The molecule has 1 amide bonds. The van der Waals surface area contributed by atoms with Crippen LogP contribution in [0.25, 0.3) is 10.9 Å². The van der Waals surface area contributed by atoms with Gasteiger partial charge in [0.15, 0.2) is 0 Å². The number of carbonyl (C=O) groups is 1. The fourth-order valence-corrected chi connectivity index (χ4v) is 3.37. The van der Waals surface area contributed by atoms with Crippen LogP contribution in [0.4, 0.5) is 16.3 Å². The average molecular weight is 328 g/mol. The van der Waals surface area contributed by atoms with Crippen LogP contribution in [0.5, 0.6) is 0 Å². The van der Waals surface area contributed by atoms with Crippen LogP contribution in [-0.2, 0) is 0 Å². The molecule has 128 valence electrons. The minimum Gasteiger partial charge on any atom is -0.465 e. The van der Waals surface area contributed by atoms with E-state index >= 15 is 0 Å². The zero-order valence-corrected chi connectivity index (χ0v) is 14.1. The van der Waals surface area contributed by atoms with Gasteiger partial charge in [-0.3, -0.25) is 0 Å². The van der Waals surface area contributed by atoms with Crippen LogP contribution in [0, 0.1) is 0 Å². The summed E-state index contributed by atoms with van der Waals surface area (Å²) in [5, 5.41) is 16.1. The lowest BCUT2D eigenvalue weighted by atomic mass is 9.91. The van der Waals surface area contributed by atoms with Crippen molar-refractivity contribution in [1.82, 2.24) is 10.3 Å². The van der Waals surface area contributed by atoms with E-state index in [2.05, 4.69) is 27.7 Å². The predicted octanol–water partition coefficient (Wildman–Crippen LogP) is 3.29. The standard InChI is InChI=1S/C18H24N4O2/c1-22(2)16-11-17(21-15-6-4-3-5-14(15)16)19-12-7-9-13(10-8-12)20-18(23)24/h3-6,11-13,20H,7-10H2,1-2H3,(H,19,21)(H,23,24). The Labute approximate surface area is 141 Å². The van der Waals surface area contributed by atoms with Gasteiger partial charge in [0.25, 0.3) is 0 Å². The summed E-state index contributed by atoms with van der Waals surface area (Å²) in [5.41, 5.74) is 2.12. The van der Waals surface area contributed by atoms with Gasteiger partial charge in [-0.2, -0.15) is 0 Å². The molecule has 1 aliphatic carbocycles. The van der Waals surface area contributed by atoms with E-state index in [9.17, 15) is 4.79 Å². The van der Waals surface area contributed by atoms with E-state index in [-0.39, 0.29) is 6.04 Å². The Bertz CT molecular complexity index is 724. The second kappa shape index (κ2) is 6.95. The van der Waals surface area contributed by atoms with Gasteiger partial charge in [-0.15, -0.1) is 0 Å². The highest BCUT2D eigenvalue weighted by Crippen LogP contribution is 2.29. The van der Waals surface area contributed by atoms with Crippen molar-refractivity contribution in [3.63, 3.8) is 0 Å². The zero-order chi connectivity index (χ0) is 17.1. The number of carboxylic acid groups (broad SMARTS) is 1. The summed E-state index contributed by atoms with van der Waals surface area (Å²) in [7, 11) is 4.07. The molecule has 0 spiro atoms. The van der Waals surface area contributed by atoms with Crippen LogP contribution < -0.4 is 15.5 Å². The lowest BCUT2D eigenvalue weighted by Crippen LogP contribution is -2.39. The van der Waals surface area contributed by atoms with Gasteiger partial charge in [0.1, 0.15) is 5.82 Å². The van der Waals surface area contributed by atoms with E-state index in [1.807, 2.05) is 32.3 Å². The molecule has 1 heterocycles. The maximum absolute atomic E-state index is 10.7. The maximum Gasteiger partial charge on any atom is 0.404 e. The molecule has 6 heteroatoms. The summed E-state index contributed by atoms with van der Waals surface area (Å²) in [6.45, 7) is 0. The summed E-state index contributed by atoms with van der Waals surface area (Å²) in [6.07, 6.45) is 2.67. The Morgan fingerprint density at radius 1 is 1.17 bits per heavy atom. The van der Waals surface area contributed by atoms with Gasteiger partial charge in [0, 0.05) is 43.3 Å². The fourth-order valence-electron chi connectivity index (χ4n) is 3.37. The first-order chi connectivity index (χ1) is 11.5. The summed E-state index contributed by atoms with van der Waals surface area (Å²) in [4.78, 5) is 17.6.